The summed E-state index contributed by atoms with van der Waals surface area (Å²) in [7, 11) is 0. The van der Waals surface area contributed by atoms with Gasteiger partial charge in [0.2, 0.25) is 11.8 Å². The second-order valence-electron chi connectivity index (χ2n) is 8.48. The molecule has 2 aliphatic carbocycles. The van der Waals surface area contributed by atoms with E-state index in [4.69, 9.17) is 4.74 Å². The molecule has 0 radical (unpaired) electrons. The van der Waals surface area contributed by atoms with Crippen molar-refractivity contribution < 1.29 is 28.5 Å². The van der Waals surface area contributed by atoms with E-state index in [1.165, 1.54) is 0 Å². The van der Waals surface area contributed by atoms with Crippen LogP contribution < -0.4 is 10.1 Å². The van der Waals surface area contributed by atoms with Gasteiger partial charge >= 0.3 is 6.61 Å². The van der Waals surface area contributed by atoms with E-state index < -0.39 is 12.7 Å². The van der Waals surface area contributed by atoms with E-state index in [9.17, 15) is 19.0 Å². The van der Waals surface area contributed by atoms with Crippen molar-refractivity contribution in [3.63, 3.8) is 0 Å². The van der Waals surface area contributed by atoms with Gasteiger partial charge in [0.15, 0.2) is 0 Å². The summed E-state index contributed by atoms with van der Waals surface area (Å²) in [6.45, 7) is -1.30. The fourth-order valence-corrected chi connectivity index (χ4v) is 4.14. The Labute approximate surface area is 179 Å². The number of ether oxygens (including phenoxy) is 2. The fourth-order valence-electron chi connectivity index (χ4n) is 4.14. The van der Waals surface area contributed by atoms with Crippen LogP contribution in [0.4, 0.5) is 14.7 Å². The molecule has 0 saturated heterocycles. The van der Waals surface area contributed by atoms with Crippen molar-refractivity contribution in [1.82, 2.24) is 15.0 Å². The molecule has 2 saturated carbocycles. The summed E-state index contributed by atoms with van der Waals surface area (Å²) < 4.78 is 34.9. The number of alkyl halides is 2. The SMILES string of the molecule is C[C@@H](COC(F)F)Nc1ncc2c(O[C@H]3C[C@@H](O)C3)ncc([C@H]3CC[C@H](O)CC3)c2n1. The molecule has 0 aromatic carbocycles. The highest BCUT2D eigenvalue weighted by Crippen LogP contribution is 2.38. The number of fused-ring (bicyclic) bond motifs is 1. The molecule has 10 heteroatoms. The third-order valence-electron chi connectivity index (χ3n) is 5.95. The second-order valence-corrected chi connectivity index (χ2v) is 8.48. The minimum Gasteiger partial charge on any atom is -0.474 e. The molecule has 0 amide bonds. The molecular formula is C21H28F2N4O4. The number of hydrogen-bond acceptors (Lipinski definition) is 8. The van der Waals surface area contributed by atoms with Crippen LogP contribution in [0.2, 0.25) is 0 Å². The van der Waals surface area contributed by atoms with Crippen LogP contribution in [-0.2, 0) is 4.74 Å². The lowest BCUT2D eigenvalue weighted by atomic mass is 9.83. The molecule has 2 aromatic rings. The van der Waals surface area contributed by atoms with Gasteiger partial charge in [0.1, 0.15) is 6.10 Å². The first kappa shape index (κ1) is 22.0. The van der Waals surface area contributed by atoms with Gasteiger partial charge in [-0.2, -0.15) is 8.78 Å². The summed E-state index contributed by atoms with van der Waals surface area (Å²) in [6.07, 6.45) is 6.94. The summed E-state index contributed by atoms with van der Waals surface area (Å²) in [5.74, 6) is 0.943. The molecule has 0 spiro atoms. The van der Waals surface area contributed by atoms with Gasteiger partial charge in [0.05, 0.1) is 29.7 Å². The Morgan fingerprint density at radius 2 is 1.84 bits per heavy atom. The van der Waals surface area contributed by atoms with Crippen LogP contribution >= 0.6 is 0 Å². The van der Waals surface area contributed by atoms with Crippen molar-refractivity contribution in [2.75, 3.05) is 11.9 Å². The standard InChI is InChI=1S/C21H28F2N4O4/c1-11(10-30-20(22)23)26-21-25-9-17-18(27-21)16(12-2-4-13(28)5-3-12)8-24-19(17)31-15-6-14(29)7-15/h8-9,11-15,20,28-29H,2-7,10H2,1H3,(H,25,26,27)/t11-,12-,13-,14-,15+/m0/s1. The Morgan fingerprint density at radius 3 is 2.52 bits per heavy atom. The van der Waals surface area contributed by atoms with Gasteiger partial charge in [0, 0.05) is 36.8 Å². The van der Waals surface area contributed by atoms with Gasteiger partial charge in [-0.1, -0.05) is 0 Å². The van der Waals surface area contributed by atoms with Crippen LogP contribution in [0.5, 0.6) is 5.88 Å². The van der Waals surface area contributed by atoms with Crippen molar-refractivity contribution in [2.24, 2.45) is 0 Å². The smallest absolute Gasteiger partial charge is 0.345 e. The summed E-state index contributed by atoms with van der Waals surface area (Å²) >= 11 is 0. The number of rotatable bonds is 8. The van der Waals surface area contributed by atoms with E-state index in [1.807, 2.05) is 0 Å². The second kappa shape index (κ2) is 9.54. The van der Waals surface area contributed by atoms with Gasteiger partial charge in [-0.15, -0.1) is 0 Å². The Balaban J connectivity index is 1.61. The Hall–Kier alpha value is -2.17. The molecule has 1 atom stereocenters. The van der Waals surface area contributed by atoms with E-state index in [-0.39, 0.29) is 30.8 Å². The monoisotopic (exact) mass is 438 g/mol. The fraction of sp³-hybridized carbons (Fsp3) is 0.667. The first-order chi connectivity index (χ1) is 14.9. The Morgan fingerprint density at radius 1 is 1.10 bits per heavy atom. The molecule has 0 aliphatic heterocycles. The van der Waals surface area contributed by atoms with Gasteiger partial charge in [-0.05, 0) is 38.5 Å². The molecule has 4 rings (SSSR count). The van der Waals surface area contributed by atoms with Crippen LogP contribution in [0.1, 0.15) is 56.9 Å². The van der Waals surface area contributed by atoms with E-state index >= 15 is 0 Å². The molecule has 3 N–H and O–H groups in total. The van der Waals surface area contributed by atoms with Crippen molar-refractivity contribution in [3.8, 4) is 5.88 Å². The van der Waals surface area contributed by atoms with E-state index in [0.29, 0.717) is 35.6 Å². The molecule has 2 aromatic heterocycles. The first-order valence-electron chi connectivity index (χ1n) is 10.7. The van der Waals surface area contributed by atoms with Gasteiger partial charge in [-0.25, -0.2) is 15.0 Å². The van der Waals surface area contributed by atoms with E-state index in [2.05, 4.69) is 25.0 Å². The highest BCUT2D eigenvalue weighted by atomic mass is 19.3. The zero-order chi connectivity index (χ0) is 22.0. The van der Waals surface area contributed by atoms with Gasteiger partial charge in [-0.3, -0.25) is 0 Å². The predicted octanol–water partition coefficient (Wildman–Crippen LogP) is 2.99. The maximum Gasteiger partial charge on any atom is 0.345 e. The average molecular weight is 438 g/mol. The zero-order valence-corrected chi connectivity index (χ0v) is 17.4. The van der Waals surface area contributed by atoms with Gasteiger partial charge < -0.3 is 25.0 Å². The molecule has 8 nitrogen and oxygen atoms in total. The third kappa shape index (κ3) is 5.36. The van der Waals surface area contributed by atoms with Crippen molar-refractivity contribution in [2.45, 2.75) is 82.3 Å². The number of aliphatic hydroxyl groups is 2. The molecule has 31 heavy (non-hydrogen) atoms. The summed E-state index contributed by atoms with van der Waals surface area (Å²) in [6, 6.07) is -0.409. The van der Waals surface area contributed by atoms with Crippen LogP contribution in [0.25, 0.3) is 10.9 Å². The minimum atomic E-state index is -2.83. The number of halogens is 2. The Bertz CT molecular complexity index is 889. The number of hydrogen-bond donors (Lipinski definition) is 3. The predicted molar refractivity (Wildman–Crippen MR) is 109 cm³/mol. The molecule has 2 aliphatic rings. The van der Waals surface area contributed by atoms with E-state index in [0.717, 1.165) is 31.2 Å². The van der Waals surface area contributed by atoms with Gasteiger partial charge in [0.25, 0.3) is 0 Å². The number of aromatic nitrogens is 3. The minimum absolute atomic E-state index is 0.0919. The molecule has 2 fully saturated rings. The molecular weight excluding hydrogens is 410 g/mol. The Kier molecular flexibility index (Phi) is 6.78. The number of nitrogens with one attached hydrogen (secondary N) is 1. The number of anilines is 1. The lowest BCUT2D eigenvalue weighted by molar-refractivity contribution is -0.130. The largest absolute Gasteiger partial charge is 0.474 e. The quantitative estimate of drug-likeness (QED) is 0.577. The first-order valence-corrected chi connectivity index (χ1v) is 10.7. The normalized spacial score (nSPS) is 27.2. The highest BCUT2D eigenvalue weighted by molar-refractivity contribution is 5.86. The topological polar surface area (TPSA) is 110 Å². The summed E-state index contributed by atoms with van der Waals surface area (Å²) in [4.78, 5) is 13.5. The lowest BCUT2D eigenvalue weighted by Crippen LogP contribution is -2.37. The maximum absolute atomic E-state index is 12.3. The van der Waals surface area contributed by atoms with Crippen LogP contribution in [-0.4, -0.2) is 62.7 Å². The molecule has 0 unspecified atom stereocenters. The highest BCUT2D eigenvalue weighted by Gasteiger charge is 2.31. The summed E-state index contributed by atoms with van der Waals surface area (Å²) in [5, 5.41) is 23.1. The maximum atomic E-state index is 12.3. The number of pyridine rings is 1. The lowest BCUT2D eigenvalue weighted by Gasteiger charge is -2.31. The van der Waals surface area contributed by atoms with E-state index in [1.54, 1.807) is 19.3 Å². The summed E-state index contributed by atoms with van der Waals surface area (Å²) in [5.41, 5.74) is 1.66. The van der Waals surface area contributed by atoms with Crippen LogP contribution in [0, 0.1) is 0 Å². The average Bonchev–Trinajstić information content (AvgIpc) is 2.72. The molecule has 2 heterocycles. The number of nitrogens with zero attached hydrogens (tertiary/aromatic N) is 3. The third-order valence-corrected chi connectivity index (χ3v) is 5.95. The van der Waals surface area contributed by atoms with Crippen molar-refractivity contribution in [1.29, 1.82) is 0 Å². The zero-order valence-electron chi connectivity index (χ0n) is 17.4. The van der Waals surface area contributed by atoms with Crippen LogP contribution in [0.3, 0.4) is 0 Å². The van der Waals surface area contributed by atoms with Crippen LogP contribution in [0.15, 0.2) is 12.4 Å². The number of aliphatic hydroxyl groups excluding tert-OH is 2. The molecule has 0 bridgehead atoms. The molecule has 170 valence electrons. The van der Waals surface area contributed by atoms with Crippen molar-refractivity contribution >= 4 is 16.9 Å². The van der Waals surface area contributed by atoms with Crippen molar-refractivity contribution in [3.05, 3.63) is 18.0 Å².